The van der Waals surface area contributed by atoms with Crippen LogP contribution < -0.4 is 5.32 Å². The number of aliphatic hydroxyl groups excluding tert-OH is 1. The van der Waals surface area contributed by atoms with Crippen LogP contribution in [0.2, 0.25) is 5.02 Å². The van der Waals surface area contributed by atoms with Gasteiger partial charge < -0.3 is 10.4 Å². The second kappa shape index (κ2) is 7.63. The van der Waals surface area contributed by atoms with Crippen molar-refractivity contribution in [2.75, 3.05) is 18.5 Å². The predicted octanol–water partition coefficient (Wildman–Crippen LogP) is 2.87. The molecule has 0 fully saturated rings. The van der Waals surface area contributed by atoms with E-state index in [4.69, 9.17) is 16.9 Å². The zero-order chi connectivity index (χ0) is 15.1. The highest BCUT2D eigenvalue weighted by molar-refractivity contribution is 6.32. The molecule has 21 heavy (non-hydrogen) atoms. The van der Waals surface area contributed by atoms with Gasteiger partial charge in [0.15, 0.2) is 0 Å². The average Bonchev–Trinajstić information content (AvgIpc) is 2.52. The van der Waals surface area contributed by atoms with Crippen LogP contribution in [0.25, 0.3) is 0 Å². The highest BCUT2D eigenvalue weighted by atomic mass is 35.5. The Morgan fingerprint density at radius 3 is 2.81 bits per heavy atom. The number of anilines is 1. The quantitative estimate of drug-likeness (QED) is 0.861. The Balaban J connectivity index is 1.94. The van der Waals surface area contributed by atoms with Crippen molar-refractivity contribution < 1.29 is 5.11 Å². The summed E-state index contributed by atoms with van der Waals surface area (Å²) in [6, 6.07) is 13.0. The third-order valence-electron chi connectivity index (χ3n) is 3.17. The van der Waals surface area contributed by atoms with E-state index >= 15 is 0 Å². The van der Waals surface area contributed by atoms with Gasteiger partial charge in [-0.05, 0) is 36.8 Å². The summed E-state index contributed by atoms with van der Waals surface area (Å²) in [6.07, 6.45) is 2.45. The Hall–Kier alpha value is -2.09. The number of hydrogen-bond donors (Lipinski definition) is 2. The van der Waals surface area contributed by atoms with E-state index in [1.54, 1.807) is 24.4 Å². The molecule has 108 valence electrons. The molecule has 5 heteroatoms. The fourth-order valence-electron chi connectivity index (χ4n) is 1.99. The van der Waals surface area contributed by atoms with Crippen LogP contribution in [0.1, 0.15) is 11.3 Å². The Morgan fingerprint density at radius 2 is 2.19 bits per heavy atom. The maximum Gasteiger partial charge on any atom is 0.101 e. The molecule has 1 atom stereocenters. The third-order valence-corrected chi connectivity index (χ3v) is 3.48. The number of aromatic nitrogens is 1. The molecule has 0 aliphatic rings. The zero-order valence-electron chi connectivity index (χ0n) is 11.5. The van der Waals surface area contributed by atoms with Crippen LogP contribution in [0.15, 0.2) is 42.6 Å². The maximum atomic E-state index is 9.47. The number of rotatable bonds is 6. The molecule has 1 aromatic carbocycles. The van der Waals surface area contributed by atoms with Gasteiger partial charge >= 0.3 is 0 Å². The minimum Gasteiger partial charge on any atom is -0.396 e. The second-order valence-corrected chi connectivity index (χ2v) is 5.17. The van der Waals surface area contributed by atoms with Gasteiger partial charge in [0.05, 0.1) is 10.6 Å². The van der Waals surface area contributed by atoms with E-state index in [0.717, 1.165) is 11.4 Å². The van der Waals surface area contributed by atoms with E-state index in [1.807, 2.05) is 24.3 Å². The summed E-state index contributed by atoms with van der Waals surface area (Å²) in [5, 5.41) is 22.0. The lowest BCUT2D eigenvalue weighted by Crippen LogP contribution is -2.20. The van der Waals surface area contributed by atoms with Gasteiger partial charge in [-0.15, -0.1) is 0 Å². The first-order valence-electron chi connectivity index (χ1n) is 6.67. The Kier molecular flexibility index (Phi) is 5.56. The van der Waals surface area contributed by atoms with Gasteiger partial charge in [-0.1, -0.05) is 17.7 Å². The van der Waals surface area contributed by atoms with Crippen molar-refractivity contribution >= 4 is 17.3 Å². The largest absolute Gasteiger partial charge is 0.396 e. The zero-order valence-corrected chi connectivity index (χ0v) is 12.2. The standard InChI is InChI=1S/C16H16ClN3O/c17-16-8-15(5-4-13(16)9-18)20-10-12(11-21)7-14-3-1-2-6-19-14/h1-6,8,12,20-21H,7,10-11H2/t12-/m1/s1. The number of pyridine rings is 1. The van der Waals surface area contributed by atoms with E-state index < -0.39 is 0 Å². The minimum atomic E-state index is 0.0642. The molecule has 0 bridgehead atoms. The topological polar surface area (TPSA) is 68.9 Å². The van der Waals surface area contributed by atoms with Gasteiger partial charge in [-0.2, -0.15) is 5.26 Å². The van der Waals surface area contributed by atoms with Crippen molar-refractivity contribution in [3.63, 3.8) is 0 Å². The molecule has 2 rings (SSSR count). The van der Waals surface area contributed by atoms with E-state index in [0.29, 0.717) is 23.6 Å². The first kappa shape index (κ1) is 15.3. The molecule has 2 N–H and O–H groups in total. The minimum absolute atomic E-state index is 0.0642. The van der Waals surface area contributed by atoms with Crippen molar-refractivity contribution in [2.24, 2.45) is 5.92 Å². The van der Waals surface area contributed by atoms with Crippen LogP contribution in [-0.4, -0.2) is 23.2 Å². The Labute approximate surface area is 129 Å². The Morgan fingerprint density at radius 1 is 1.33 bits per heavy atom. The van der Waals surface area contributed by atoms with Crippen molar-refractivity contribution in [1.29, 1.82) is 5.26 Å². The van der Waals surface area contributed by atoms with Crippen molar-refractivity contribution in [1.82, 2.24) is 4.98 Å². The van der Waals surface area contributed by atoms with Gasteiger partial charge in [0, 0.05) is 36.6 Å². The maximum absolute atomic E-state index is 9.47. The van der Waals surface area contributed by atoms with Crippen LogP contribution >= 0.6 is 11.6 Å². The van der Waals surface area contributed by atoms with E-state index in [2.05, 4.69) is 10.3 Å². The lowest BCUT2D eigenvalue weighted by atomic mass is 10.0. The lowest BCUT2D eigenvalue weighted by molar-refractivity contribution is 0.232. The van der Waals surface area contributed by atoms with Crippen LogP contribution in [0, 0.1) is 17.2 Å². The molecule has 0 saturated heterocycles. The van der Waals surface area contributed by atoms with Gasteiger partial charge in [0.2, 0.25) is 0 Å². The van der Waals surface area contributed by atoms with E-state index in [1.165, 1.54) is 0 Å². The molecule has 0 spiro atoms. The fraction of sp³-hybridized carbons (Fsp3) is 0.250. The fourth-order valence-corrected chi connectivity index (χ4v) is 2.22. The summed E-state index contributed by atoms with van der Waals surface area (Å²) >= 11 is 5.99. The van der Waals surface area contributed by atoms with Gasteiger partial charge in [0.1, 0.15) is 6.07 Å². The van der Waals surface area contributed by atoms with Crippen LogP contribution in [0.5, 0.6) is 0 Å². The first-order chi connectivity index (χ1) is 10.2. The van der Waals surface area contributed by atoms with Crippen molar-refractivity contribution in [3.05, 3.63) is 58.9 Å². The summed E-state index contributed by atoms with van der Waals surface area (Å²) in [5.41, 5.74) is 2.24. The molecule has 0 aliphatic carbocycles. The molecule has 4 nitrogen and oxygen atoms in total. The smallest absolute Gasteiger partial charge is 0.101 e. The van der Waals surface area contributed by atoms with Crippen LogP contribution in [-0.2, 0) is 6.42 Å². The summed E-state index contributed by atoms with van der Waals surface area (Å²) < 4.78 is 0. The van der Waals surface area contributed by atoms with E-state index in [-0.39, 0.29) is 12.5 Å². The second-order valence-electron chi connectivity index (χ2n) is 4.76. The number of nitriles is 1. The van der Waals surface area contributed by atoms with E-state index in [9.17, 15) is 5.11 Å². The normalized spacial score (nSPS) is 11.7. The number of halogens is 1. The SMILES string of the molecule is N#Cc1ccc(NC[C@H](CO)Cc2ccccn2)cc1Cl. The molecule has 0 aliphatic heterocycles. The lowest BCUT2D eigenvalue weighted by Gasteiger charge is -2.15. The van der Waals surface area contributed by atoms with Crippen molar-refractivity contribution in [3.8, 4) is 6.07 Å². The van der Waals surface area contributed by atoms with Crippen LogP contribution in [0.3, 0.4) is 0 Å². The summed E-state index contributed by atoms with van der Waals surface area (Å²) in [5.74, 6) is 0.0642. The predicted molar refractivity (Wildman–Crippen MR) is 83.2 cm³/mol. The molecule has 1 aromatic heterocycles. The first-order valence-corrected chi connectivity index (χ1v) is 7.05. The van der Waals surface area contributed by atoms with Gasteiger partial charge in [-0.25, -0.2) is 0 Å². The number of aliphatic hydroxyl groups is 1. The van der Waals surface area contributed by atoms with Gasteiger partial charge in [0.25, 0.3) is 0 Å². The molecule has 0 amide bonds. The number of benzene rings is 1. The summed E-state index contributed by atoms with van der Waals surface area (Å²) in [6.45, 7) is 0.683. The highest BCUT2D eigenvalue weighted by Crippen LogP contribution is 2.20. The number of nitrogens with one attached hydrogen (secondary N) is 1. The summed E-state index contributed by atoms with van der Waals surface area (Å²) in [4.78, 5) is 4.26. The molecule has 2 aromatic rings. The monoisotopic (exact) mass is 301 g/mol. The molecule has 0 radical (unpaired) electrons. The Bertz CT molecular complexity index is 625. The molecule has 1 heterocycles. The number of hydrogen-bond acceptors (Lipinski definition) is 4. The summed E-state index contributed by atoms with van der Waals surface area (Å²) in [7, 11) is 0. The third kappa shape index (κ3) is 4.45. The highest BCUT2D eigenvalue weighted by Gasteiger charge is 2.10. The molecule has 0 saturated carbocycles. The average molecular weight is 302 g/mol. The number of nitrogens with zero attached hydrogens (tertiary/aromatic N) is 2. The van der Waals surface area contributed by atoms with Crippen molar-refractivity contribution in [2.45, 2.75) is 6.42 Å². The molecule has 0 unspecified atom stereocenters. The molecular weight excluding hydrogens is 286 g/mol. The van der Waals surface area contributed by atoms with Gasteiger partial charge in [-0.3, -0.25) is 4.98 Å². The van der Waals surface area contributed by atoms with Crippen LogP contribution in [0.4, 0.5) is 5.69 Å². The molecular formula is C16H16ClN3O.